The van der Waals surface area contributed by atoms with Crippen LogP contribution >= 0.6 is 0 Å². The maximum absolute atomic E-state index is 14.9. The van der Waals surface area contributed by atoms with E-state index in [1.54, 1.807) is 36.4 Å². The molecule has 0 radical (unpaired) electrons. The van der Waals surface area contributed by atoms with Gasteiger partial charge in [0, 0.05) is 11.7 Å². The molecule has 1 heterocycles. The number of para-hydroxylation sites is 1. The molecule has 0 amide bonds. The lowest BCUT2D eigenvalue weighted by molar-refractivity contribution is -0.139. The summed E-state index contributed by atoms with van der Waals surface area (Å²) in [5.74, 6) is -0.453. The number of carbonyl (C=O) groups is 1. The van der Waals surface area contributed by atoms with Gasteiger partial charge in [0.05, 0.1) is 6.54 Å². The first kappa shape index (κ1) is 24.6. The summed E-state index contributed by atoms with van der Waals surface area (Å²) >= 11 is 0. The van der Waals surface area contributed by atoms with Crippen molar-refractivity contribution in [3.63, 3.8) is 0 Å². The van der Waals surface area contributed by atoms with Crippen molar-refractivity contribution in [1.82, 2.24) is 5.32 Å². The standard InChI is InChI=1S/C30H29FN2O4/c1-20(25-9-4-7-21-6-2-3-8-26(21)25)32-17-16-24-18-33(30-27(31)10-5-11-28(30)37-24)22-12-14-23(15-13-22)36-19-29(34)35/h2-15,20,24,32H,16-19H2,1H3,(H,34,35)/t20-,24?/m1/s1. The summed E-state index contributed by atoms with van der Waals surface area (Å²) in [6.45, 7) is 2.96. The van der Waals surface area contributed by atoms with Crippen LogP contribution in [0.25, 0.3) is 10.8 Å². The lowest BCUT2D eigenvalue weighted by Gasteiger charge is -2.36. The Morgan fingerprint density at radius 2 is 1.84 bits per heavy atom. The largest absolute Gasteiger partial charge is 0.486 e. The van der Waals surface area contributed by atoms with E-state index in [1.807, 2.05) is 11.0 Å². The van der Waals surface area contributed by atoms with Crippen molar-refractivity contribution in [3.8, 4) is 11.5 Å². The third-order valence-corrected chi connectivity index (χ3v) is 6.62. The molecule has 1 unspecified atom stereocenters. The number of nitrogens with zero attached hydrogens (tertiary/aromatic N) is 1. The third kappa shape index (κ3) is 5.52. The Labute approximate surface area is 215 Å². The number of fused-ring (bicyclic) bond motifs is 2. The Kier molecular flexibility index (Phi) is 7.23. The molecule has 0 bridgehead atoms. The van der Waals surface area contributed by atoms with Gasteiger partial charge in [-0.15, -0.1) is 0 Å². The lowest BCUT2D eigenvalue weighted by Crippen LogP contribution is -2.39. The molecular weight excluding hydrogens is 471 g/mol. The first-order valence-electron chi connectivity index (χ1n) is 12.4. The van der Waals surface area contributed by atoms with E-state index in [-0.39, 0.29) is 18.0 Å². The van der Waals surface area contributed by atoms with E-state index in [1.165, 1.54) is 22.4 Å². The molecule has 5 rings (SSSR count). The monoisotopic (exact) mass is 500 g/mol. The molecule has 190 valence electrons. The molecule has 1 aliphatic heterocycles. The molecule has 4 aromatic rings. The normalized spacial score (nSPS) is 15.6. The molecule has 2 N–H and O–H groups in total. The molecule has 1 aliphatic rings. The van der Waals surface area contributed by atoms with Gasteiger partial charge in [0.25, 0.3) is 0 Å². The fraction of sp³-hybridized carbons (Fsp3) is 0.233. The first-order chi connectivity index (χ1) is 18.0. The average Bonchev–Trinajstić information content (AvgIpc) is 2.91. The molecule has 6 nitrogen and oxygen atoms in total. The average molecular weight is 501 g/mol. The van der Waals surface area contributed by atoms with Crippen LogP contribution in [0.3, 0.4) is 0 Å². The zero-order valence-electron chi connectivity index (χ0n) is 20.6. The Balaban J connectivity index is 1.28. The second-order valence-electron chi connectivity index (χ2n) is 9.15. The lowest BCUT2D eigenvalue weighted by atomic mass is 9.99. The topological polar surface area (TPSA) is 71.0 Å². The minimum atomic E-state index is -1.04. The van der Waals surface area contributed by atoms with Gasteiger partial charge >= 0.3 is 5.97 Å². The summed E-state index contributed by atoms with van der Waals surface area (Å²) in [6, 6.07) is 26.7. The van der Waals surface area contributed by atoms with Crippen LogP contribution in [-0.2, 0) is 4.79 Å². The summed E-state index contributed by atoms with van der Waals surface area (Å²) in [6.07, 6.45) is 0.589. The Hall–Kier alpha value is -4.10. The number of halogens is 1. The molecular formula is C30H29FN2O4. The van der Waals surface area contributed by atoms with Gasteiger partial charge in [0.2, 0.25) is 0 Å². The Morgan fingerprint density at radius 1 is 1.08 bits per heavy atom. The second-order valence-corrected chi connectivity index (χ2v) is 9.15. The van der Waals surface area contributed by atoms with Gasteiger partial charge in [-0.25, -0.2) is 9.18 Å². The van der Waals surface area contributed by atoms with Crippen molar-refractivity contribution in [2.75, 3.05) is 24.6 Å². The van der Waals surface area contributed by atoms with Gasteiger partial charge in [-0.3, -0.25) is 0 Å². The highest BCUT2D eigenvalue weighted by Crippen LogP contribution is 2.41. The molecule has 0 fully saturated rings. The minimum absolute atomic E-state index is 0.149. The predicted molar refractivity (Wildman–Crippen MR) is 142 cm³/mol. The van der Waals surface area contributed by atoms with Crippen LogP contribution < -0.4 is 19.7 Å². The number of rotatable bonds is 9. The third-order valence-electron chi connectivity index (χ3n) is 6.62. The molecule has 37 heavy (non-hydrogen) atoms. The number of hydrogen-bond acceptors (Lipinski definition) is 5. The van der Waals surface area contributed by atoms with E-state index in [0.717, 1.165) is 18.7 Å². The van der Waals surface area contributed by atoms with E-state index >= 15 is 0 Å². The zero-order chi connectivity index (χ0) is 25.8. The van der Waals surface area contributed by atoms with Crippen LogP contribution in [0.1, 0.15) is 24.9 Å². The molecule has 4 aromatic carbocycles. The van der Waals surface area contributed by atoms with Crippen LogP contribution in [0.15, 0.2) is 84.9 Å². The van der Waals surface area contributed by atoms with Gasteiger partial charge in [-0.05, 0) is 72.6 Å². The molecule has 2 atom stereocenters. The highest BCUT2D eigenvalue weighted by molar-refractivity contribution is 5.86. The molecule has 0 aromatic heterocycles. The number of carboxylic acid groups (broad SMARTS) is 1. The highest BCUT2D eigenvalue weighted by atomic mass is 19.1. The number of anilines is 2. The van der Waals surface area contributed by atoms with E-state index in [2.05, 4.69) is 48.6 Å². The quantitative estimate of drug-likeness (QED) is 0.290. The molecule has 0 spiro atoms. The fourth-order valence-corrected chi connectivity index (χ4v) is 4.82. The number of benzene rings is 4. The number of ether oxygens (including phenoxy) is 2. The second kappa shape index (κ2) is 10.9. The Morgan fingerprint density at radius 3 is 2.65 bits per heavy atom. The van der Waals surface area contributed by atoms with E-state index in [0.29, 0.717) is 23.7 Å². The van der Waals surface area contributed by atoms with Gasteiger partial charge in [0.1, 0.15) is 23.3 Å². The highest BCUT2D eigenvalue weighted by Gasteiger charge is 2.29. The van der Waals surface area contributed by atoms with Gasteiger partial charge in [-0.1, -0.05) is 48.5 Å². The number of hydrogen-bond donors (Lipinski definition) is 2. The van der Waals surface area contributed by atoms with E-state index < -0.39 is 12.6 Å². The fourth-order valence-electron chi connectivity index (χ4n) is 4.82. The van der Waals surface area contributed by atoms with E-state index in [9.17, 15) is 9.18 Å². The number of aliphatic carboxylic acids is 1. The maximum Gasteiger partial charge on any atom is 0.341 e. The number of carboxylic acids is 1. The molecule has 0 aliphatic carbocycles. The van der Waals surface area contributed by atoms with Gasteiger partial charge in [0.15, 0.2) is 12.4 Å². The predicted octanol–water partition coefficient (Wildman–Crippen LogP) is 6.08. The van der Waals surface area contributed by atoms with Crippen molar-refractivity contribution in [2.45, 2.75) is 25.5 Å². The van der Waals surface area contributed by atoms with Crippen LogP contribution in [0.4, 0.5) is 15.8 Å². The van der Waals surface area contributed by atoms with Crippen LogP contribution in [0, 0.1) is 5.82 Å². The summed E-state index contributed by atoms with van der Waals surface area (Å²) in [4.78, 5) is 12.7. The van der Waals surface area contributed by atoms with Crippen molar-refractivity contribution in [1.29, 1.82) is 0 Å². The SMILES string of the molecule is C[C@@H](NCCC1CN(c2ccc(OCC(=O)O)cc2)c2c(F)cccc2O1)c1cccc2ccccc12. The van der Waals surface area contributed by atoms with Crippen LogP contribution in [-0.4, -0.2) is 36.9 Å². The van der Waals surface area contributed by atoms with Crippen LogP contribution in [0.2, 0.25) is 0 Å². The Bertz CT molecular complexity index is 1390. The van der Waals surface area contributed by atoms with Gasteiger partial charge < -0.3 is 24.8 Å². The molecule has 7 heteroatoms. The van der Waals surface area contributed by atoms with Crippen molar-refractivity contribution < 1.29 is 23.8 Å². The summed E-state index contributed by atoms with van der Waals surface area (Å²) in [7, 11) is 0. The minimum Gasteiger partial charge on any atom is -0.486 e. The zero-order valence-corrected chi connectivity index (χ0v) is 20.6. The maximum atomic E-state index is 14.9. The molecule has 0 saturated carbocycles. The summed E-state index contributed by atoms with van der Waals surface area (Å²) in [5.41, 5.74) is 2.43. The first-order valence-corrected chi connectivity index (χ1v) is 12.4. The summed E-state index contributed by atoms with van der Waals surface area (Å²) in [5, 5.41) is 14.9. The van der Waals surface area contributed by atoms with Crippen molar-refractivity contribution in [2.24, 2.45) is 0 Å². The van der Waals surface area contributed by atoms with Crippen molar-refractivity contribution >= 4 is 28.1 Å². The molecule has 0 saturated heterocycles. The summed E-state index contributed by atoms with van der Waals surface area (Å²) < 4.78 is 26.3. The van der Waals surface area contributed by atoms with E-state index in [4.69, 9.17) is 14.6 Å². The smallest absolute Gasteiger partial charge is 0.341 e. The van der Waals surface area contributed by atoms with Crippen LogP contribution in [0.5, 0.6) is 11.5 Å². The number of nitrogens with one attached hydrogen (secondary N) is 1. The van der Waals surface area contributed by atoms with Crippen molar-refractivity contribution in [3.05, 3.63) is 96.3 Å². The van der Waals surface area contributed by atoms with Gasteiger partial charge in [-0.2, -0.15) is 0 Å².